The number of amides is 3. The fourth-order valence-corrected chi connectivity index (χ4v) is 5.06. The zero-order valence-electron chi connectivity index (χ0n) is 16.7. The Morgan fingerprint density at radius 1 is 1.06 bits per heavy atom. The summed E-state index contributed by atoms with van der Waals surface area (Å²) < 4.78 is 40.3. The van der Waals surface area contributed by atoms with Crippen molar-refractivity contribution in [3.05, 3.63) is 83.1 Å². The van der Waals surface area contributed by atoms with E-state index in [2.05, 4.69) is 5.32 Å². The van der Waals surface area contributed by atoms with Gasteiger partial charge in [0.05, 0.1) is 11.4 Å². The molecular formula is C22H17ClFN3O4S. The van der Waals surface area contributed by atoms with Gasteiger partial charge in [0.2, 0.25) is 5.91 Å². The Hall–Kier alpha value is -3.43. The molecule has 1 heterocycles. The molecule has 0 aliphatic carbocycles. The predicted molar refractivity (Wildman–Crippen MR) is 120 cm³/mol. The molecule has 0 radical (unpaired) electrons. The lowest BCUT2D eigenvalue weighted by atomic mass is 10.2. The van der Waals surface area contributed by atoms with Crippen LogP contribution in [0.3, 0.4) is 0 Å². The molecule has 4 rings (SSSR count). The number of benzene rings is 3. The quantitative estimate of drug-likeness (QED) is 0.601. The van der Waals surface area contributed by atoms with Gasteiger partial charge >= 0.3 is 6.03 Å². The summed E-state index contributed by atoms with van der Waals surface area (Å²) in [5.74, 6) is -1.04. The predicted octanol–water partition coefficient (Wildman–Crippen LogP) is 4.56. The van der Waals surface area contributed by atoms with E-state index in [1.165, 1.54) is 54.6 Å². The number of hydrogen-bond acceptors (Lipinski definition) is 4. The molecule has 3 aromatic rings. The van der Waals surface area contributed by atoms with Crippen molar-refractivity contribution in [2.45, 2.75) is 11.8 Å². The Balaban J connectivity index is 1.73. The Morgan fingerprint density at radius 2 is 1.75 bits per heavy atom. The van der Waals surface area contributed by atoms with Gasteiger partial charge in [0.15, 0.2) is 0 Å². The second kappa shape index (κ2) is 8.25. The van der Waals surface area contributed by atoms with Crippen molar-refractivity contribution in [2.75, 3.05) is 21.1 Å². The lowest BCUT2D eigenvalue weighted by molar-refractivity contribution is -0.114. The lowest BCUT2D eigenvalue weighted by Gasteiger charge is -2.35. The minimum atomic E-state index is -4.24. The zero-order valence-corrected chi connectivity index (χ0v) is 18.3. The molecule has 32 heavy (non-hydrogen) atoms. The third-order valence-electron chi connectivity index (χ3n) is 4.90. The highest BCUT2D eigenvalue weighted by Crippen LogP contribution is 2.38. The van der Waals surface area contributed by atoms with Crippen molar-refractivity contribution in [2.24, 2.45) is 0 Å². The average Bonchev–Trinajstić information content (AvgIpc) is 2.75. The molecule has 0 spiro atoms. The first kappa shape index (κ1) is 21.8. The molecule has 7 nitrogen and oxygen atoms in total. The maximum Gasteiger partial charge on any atom is 0.343 e. The van der Waals surface area contributed by atoms with Gasteiger partial charge in [0.1, 0.15) is 17.3 Å². The molecule has 0 saturated carbocycles. The summed E-state index contributed by atoms with van der Waals surface area (Å²) in [5.41, 5.74) is 1.20. The Kier molecular flexibility index (Phi) is 5.62. The van der Waals surface area contributed by atoms with Crippen molar-refractivity contribution in [3.8, 4) is 0 Å². The van der Waals surface area contributed by atoms with Gasteiger partial charge < -0.3 is 5.32 Å². The highest BCUT2D eigenvalue weighted by molar-refractivity contribution is 7.94. The first-order valence-electron chi connectivity index (χ1n) is 9.46. The molecule has 164 valence electrons. The van der Waals surface area contributed by atoms with E-state index in [1.54, 1.807) is 19.1 Å². The number of fused-ring (bicyclic) bond motifs is 1. The summed E-state index contributed by atoms with van der Waals surface area (Å²) in [6.45, 7) is 1.29. The molecule has 3 amide bonds. The summed E-state index contributed by atoms with van der Waals surface area (Å²) in [5, 5.41) is 2.87. The fraction of sp³-hybridized carbons (Fsp3) is 0.0909. The summed E-state index contributed by atoms with van der Waals surface area (Å²) >= 11 is 6.16. The Labute approximate surface area is 189 Å². The van der Waals surface area contributed by atoms with Crippen LogP contribution in [0.1, 0.15) is 5.56 Å². The highest BCUT2D eigenvalue weighted by atomic mass is 35.5. The van der Waals surface area contributed by atoms with E-state index < -0.39 is 34.3 Å². The largest absolute Gasteiger partial charge is 0.343 e. The van der Waals surface area contributed by atoms with Gasteiger partial charge in [-0.25, -0.2) is 17.6 Å². The van der Waals surface area contributed by atoms with E-state index >= 15 is 0 Å². The number of para-hydroxylation sites is 1. The molecule has 1 aliphatic heterocycles. The van der Waals surface area contributed by atoms with E-state index in [0.29, 0.717) is 20.6 Å². The number of carbonyl (C=O) groups is 2. The molecule has 0 unspecified atom stereocenters. The maximum absolute atomic E-state index is 13.3. The molecule has 0 atom stereocenters. The van der Waals surface area contributed by atoms with Crippen LogP contribution in [0.4, 0.5) is 26.2 Å². The minimum Gasteiger partial charge on any atom is -0.325 e. The van der Waals surface area contributed by atoms with E-state index in [1.807, 2.05) is 0 Å². The number of urea groups is 1. The van der Waals surface area contributed by atoms with Crippen molar-refractivity contribution in [3.63, 3.8) is 0 Å². The van der Waals surface area contributed by atoms with Crippen LogP contribution in [-0.4, -0.2) is 26.9 Å². The van der Waals surface area contributed by atoms with E-state index in [4.69, 9.17) is 11.6 Å². The lowest BCUT2D eigenvalue weighted by Crippen LogP contribution is -2.53. The summed E-state index contributed by atoms with van der Waals surface area (Å²) in [4.78, 5) is 26.9. The molecule has 0 saturated heterocycles. The number of hydrogen-bond donors (Lipinski definition) is 1. The second-order valence-electron chi connectivity index (χ2n) is 7.09. The summed E-state index contributed by atoms with van der Waals surface area (Å²) in [6, 6.07) is 14.6. The van der Waals surface area contributed by atoms with Crippen LogP contribution >= 0.6 is 11.6 Å². The first-order chi connectivity index (χ1) is 15.2. The molecule has 0 fully saturated rings. The SMILES string of the molecule is Cc1ccc(N2C(=O)N(CC(=O)Nc3ccc(F)cc3)c3ccccc3S2(=O)=O)cc1Cl. The third kappa shape index (κ3) is 3.92. The van der Waals surface area contributed by atoms with Crippen molar-refractivity contribution in [1.29, 1.82) is 0 Å². The molecule has 1 N–H and O–H groups in total. The fourth-order valence-electron chi connectivity index (χ4n) is 3.30. The number of carbonyl (C=O) groups excluding carboxylic acids is 2. The average molecular weight is 474 g/mol. The number of nitrogens with one attached hydrogen (secondary N) is 1. The second-order valence-corrected chi connectivity index (χ2v) is 9.26. The maximum atomic E-state index is 13.3. The Morgan fingerprint density at radius 3 is 2.44 bits per heavy atom. The van der Waals surface area contributed by atoms with Crippen LogP contribution in [-0.2, 0) is 14.8 Å². The third-order valence-corrected chi connectivity index (χ3v) is 7.05. The molecular weight excluding hydrogens is 457 g/mol. The molecule has 0 bridgehead atoms. The molecule has 0 aromatic heterocycles. The van der Waals surface area contributed by atoms with Gasteiger partial charge in [-0.1, -0.05) is 29.8 Å². The van der Waals surface area contributed by atoms with Crippen molar-refractivity contribution < 1.29 is 22.4 Å². The topological polar surface area (TPSA) is 86.8 Å². The van der Waals surface area contributed by atoms with Crippen LogP contribution in [0.2, 0.25) is 5.02 Å². The molecule has 10 heteroatoms. The van der Waals surface area contributed by atoms with Crippen molar-refractivity contribution >= 4 is 50.6 Å². The number of anilines is 3. The number of nitrogens with zero attached hydrogens (tertiary/aromatic N) is 2. The van der Waals surface area contributed by atoms with Gasteiger partial charge in [0.25, 0.3) is 10.0 Å². The van der Waals surface area contributed by atoms with Crippen LogP contribution in [0.5, 0.6) is 0 Å². The van der Waals surface area contributed by atoms with Gasteiger partial charge in [-0.3, -0.25) is 9.69 Å². The van der Waals surface area contributed by atoms with Crippen molar-refractivity contribution in [1.82, 2.24) is 0 Å². The first-order valence-corrected chi connectivity index (χ1v) is 11.3. The summed E-state index contributed by atoms with van der Waals surface area (Å²) in [6.07, 6.45) is 0. The van der Waals surface area contributed by atoms with Gasteiger partial charge in [-0.05, 0) is 61.0 Å². The monoisotopic (exact) mass is 473 g/mol. The van der Waals surface area contributed by atoms with Gasteiger partial charge in [0, 0.05) is 10.7 Å². The summed E-state index contributed by atoms with van der Waals surface area (Å²) in [7, 11) is -4.24. The minimum absolute atomic E-state index is 0.0593. The highest BCUT2D eigenvalue weighted by Gasteiger charge is 2.43. The van der Waals surface area contributed by atoms with E-state index in [9.17, 15) is 22.4 Å². The normalized spacial score (nSPS) is 14.8. The van der Waals surface area contributed by atoms with E-state index in [-0.39, 0.29) is 16.3 Å². The standard InChI is InChI=1S/C22H17ClFN3O4S/c1-14-6-11-17(12-18(14)23)27-22(29)26(19-4-2-3-5-20(19)32(27,30)31)13-21(28)25-16-9-7-15(24)8-10-16/h2-12H,13H2,1H3,(H,25,28). The van der Waals surface area contributed by atoms with Crippen LogP contribution in [0.25, 0.3) is 0 Å². The number of halogens is 2. The number of sulfonamides is 1. The smallest absolute Gasteiger partial charge is 0.325 e. The number of aryl methyl sites for hydroxylation is 1. The van der Waals surface area contributed by atoms with Crippen LogP contribution in [0.15, 0.2) is 71.6 Å². The van der Waals surface area contributed by atoms with Crippen LogP contribution < -0.4 is 14.5 Å². The van der Waals surface area contributed by atoms with Crippen LogP contribution in [0, 0.1) is 12.7 Å². The number of rotatable bonds is 4. The Bertz CT molecular complexity index is 1330. The van der Waals surface area contributed by atoms with Gasteiger partial charge in [-0.15, -0.1) is 0 Å². The zero-order chi connectivity index (χ0) is 23.0. The van der Waals surface area contributed by atoms with Gasteiger partial charge in [-0.2, -0.15) is 4.31 Å². The molecule has 3 aromatic carbocycles. The molecule has 1 aliphatic rings. The van der Waals surface area contributed by atoms with E-state index in [0.717, 1.165) is 4.90 Å².